The number of carbonyl (C=O) groups excluding carboxylic acids is 2. The van der Waals surface area contributed by atoms with E-state index in [-0.39, 0.29) is 23.0 Å². The normalized spacial score (nSPS) is 15.3. The first-order valence-corrected chi connectivity index (χ1v) is 27.6. The number of nitrogens with zero attached hydrogens (tertiary/aromatic N) is 6. The van der Waals surface area contributed by atoms with Crippen molar-refractivity contribution in [2.75, 3.05) is 73.0 Å². The highest BCUT2D eigenvalue weighted by Crippen LogP contribution is 2.37. The molecule has 3 fully saturated rings. The number of benzene rings is 2. The van der Waals surface area contributed by atoms with E-state index in [1.165, 1.54) is 12.1 Å². The van der Waals surface area contributed by atoms with E-state index in [9.17, 15) is 18.4 Å². The molecule has 3 saturated heterocycles. The molecule has 7 heterocycles. The fourth-order valence-corrected chi connectivity index (χ4v) is 9.11. The number of aryl methyl sites for hydroxylation is 2. The first-order valence-electron chi connectivity index (χ1n) is 26.8. The van der Waals surface area contributed by atoms with E-state index in [2.05, 4.69) is 92.1 Å². The van der Waals surface area contributed by atoms with Gasteiger partial charge in [-0.15, -0.1) is 0 Å². The van der Waals surface area contributed by atoms with Gasteiger partial charge in [0, 0.05) is 71.4 Å². The van der Waals surface area contributed by atoms with Crippen LogP contribution in [-0.4, -0.2) is 103 Å². The van der Waals surface area contributed by atoms with Crippen molar-refractivity contribution < 1.29 is 37.2 Å². The number of aromatic nitrogens is 4. The zero-order valence-corrected chi connectivity index (χ0v) is 49.3. The molecule has 0 saturated carbocycles. The Hall–Kier alpha value is -7.06. The van der Waals surface area contributed by atoms with Crippen LogP contribution in [0.5, 0.6) is 0 Å². The number of ether oxygens (including phenoxy) is 2. The van der Waals surface area contributed by atoms with Crippen LogP contribution in [0.1, 0.15) is 136 Å². The summed E-state index contributed by atoms with van der Waals surface area (Å²) in [6.07, 6.45) is 5.78. The van der Waals surface area contributed by atoms with E-state index in [4.69, 9.17) is 18.8 Å². The van der Waals surface area contributed by atoms with Gasteiger partial charge in [0.15, 0.2) is 11.6 Å². The number of nitrogens with one attached hydrogen (secondary N) is 2. The van der Waals surface area contributed by atoms with Gasteiger partial charge in [0.2, 0.25) is 0 Å². The molecule has 0 radical (unpaired) electrons. The van der Waals surface area contributed by atoms with Gasteiger partial charge in [0.1, 0.15) is 11.4 Å². The van der Waals surface area contributed by atoms with E-state index >= 15 is 0 Å². The Kier molecular flexibility index (Phi) is 20.4. The smallest absolute Gasteiger partial charge is 0.399 e. The van der Waals surface area contributed by atoms with E-state index in [0.29, 0.717) is 36.0 Å². The summed E-state index contributed by atoms with van der Waals surface area (Å²) in [6.45, 7) is 29.5. The Morgan fingerprint density at radius 3 is 1.55 bits per heavy atom. The molecule has 18 heteroatoms. The number of halogens is 3. The second kappa shape index (κ2) is 26.9. The molecule has 14 nitrogen and oxygen atoms in total. The molecule has 80 heavy (non-hydrogen) atoms. The van der Waals surface area contributed by atoms with Gasteiger partial charge in [-0.05, 0) is 160 Å². The second-order valence-electron chi connectivity index (χ2n) is 21.1. The fourth-order valence-electron chi connectivity index (χ4n) is 8.79. The summed E-state index contributed by atoms with van der Waals surface area (Å²) in [5.74, 6) is 9.83. The Labute approximate surface area is 478 Å². The summed E-state index contributed by atoms with van der Waals surface area (Å²) in [6, 6.07) is 18.3. The van der Waals surface area contributed by atoms with Crippen molar-refractivity contribution in [3.8, 4) is 34.8 Å². The van der Waals surface area contributed by atoms with E-state index in [1.54, 1.807) is 25.4 Å². The molecule has 4 aromatic heterocycles. The van der Waals surface area contributed by atoms with Gasteiger partial charge >= 0.3 is 7.12 Å². The molecular weight excluding hydrogens is 1080 g/mol. The number of anilines is 4. The highest BCUT2D eigenvalue weighted by Gasteiger charge is 2.52. The predicted molar refractivity (Wildman–Crippen MR) is 317 cm³/mol. The largest absolute Gasteiger partial charge is 0.495 e. The summed E-state index contributed by atoms with van der Waals surface area (Å²) >= 11 is 3.45. The van der Waals surface area contributed by atoms with Crippen molar-refractivity contribution in [3.05, 3.63) is 147 Å². The molecule has 0 aliphatic carbocycles. The van der Waals surface area contributed by atoms with E-state index in [0.717, 1.165) is 107 Å². The summed E-state index contributed by atoms with van der Waals surface area (Å²) in [5, 5.41) is 5.62. The van der Waals surface area contributed by atoms with Crippen LogP contribution in [0.15, 0.2) is 89.9 Å². The highest BCUT2D eigenvalue weighted by molar-refractivity contribution is 9.10. The van der Waals surface area contributed by atoms with Crippen molar-refractivity contribution in [2.24, 2.45) is 0 Å². The van der Waals surface area contributed by atoms with Gasteiger partial charge in [0.05, 0.1) is 72.5 Å². The molecule has 0 atom stereocenters. The maximum Gasteiger partial charge on any atom is 0.495 e. The number of rotatable bonds is 10. The molecule has 0 bridgehead atoms. The van der Waals surface area contributed by atoms with Crippen LogP contribution >= 0.6 is 15.9 Å². The molecule has 418 valence electrons. The number of amides is 2. The standard InChI is InChI=1S/C28H29FN4O2.C22H28BFN2O3.C12H13BrN2O/c1-5-6-25-27(33-9-11-35-12-10-33)13-20(16-30-25)22-14-21(8-7-19(22)4)32-28(34)23-15-26(18(2)3)31-17-24(23)29;1-13(2)19-11-16(18(24)12-25-19)20(27)26-15-9-8-14(3)17(10-15)23-28-21(4,5)22(6,7)29-23;1-2-3-11-12(8-10(13)9-14-11)15-4-6-16-7-5-15/h7-8,13-18H,9-12H2,1-4H3,(H,32,34);8-13H,1-7H3,(H,26,27);8-9H,4-7H2,1H3. The minimum absolute atomic E-state index is 0.0235. The van der Waals surface area contributed by atoms with Gasteiger partial charge in [0.25, 0.3) is 11.8 Å². The SMILES string of the molecule is CC#Cc1ncc(-c2cc(NC(=O)c3cc(C(C)C)ncc3F)ccc2C)cc1N1CCOCC1.CC#Cc1ncc(Br)cc1N1CCOCC1.Cc1ccc(NC(=O)c2cc(C(C)C)ncc2F)cc1B1OC(C)(C)C(C)(C)O1. The predicted octanol–water partition coefficient (Wildman–Crippen LogP) is 11.4. The number of hydrogen-bond donors (Lipinski definition) is 2. The topological polar surface area (TPSA) is 153 Å². The number of pyridine rings is 4. The average molecular weight is 1150 g/mol. The highest BCUT2D eigenvalue weighted by atomic mass is 79.9. The van der Waals surface area contributed by atoms with Crippen molar-refractivity contribution in [1.29, 1.82) is 0 Å². The number of hydrogen-bond acceptors (Lipinski definition) is 12. The van der Waals surface area contributed by atoms with Crippen molar-refractivity contribution in [1.82, 2.24) is 19.9 Å². The van der Waals surface area contributed by atoms with Gasteiger partial charge in [-0.25, -0.2) is 18.7 Å². The first kappa shape index (κ1) is 60.6. The van der Waals surface area contributed by atoms with Gasteiger partial charge in [-0.3, -0.25) is 19.6 Å². The molecule has 3 aliphatic rings. The van der Waals surface area contributed by atoms with Crippen LogP contribution in [0.4, 0.5) is 31.5 Å². The maximum atomic E-state index is 14.4. The van der Waals surface area contributed by atoms with Crippen LogP contribution in [0.3, 0.4) is 0 Å². The molecule has 0 spiro atoms. The molecule has 6 aromatic rings. The summed E-state index contributed by atoms with van der Waals surface area (Å²) in [7, 11) is -0.540. The third kappa shape index (κ3) is 15.0. The summed E-state index contributed by atoms with van der Waals surface area (Å²) in [4.78, 5) is 47.2. The summed E-state index contributed by atoms with van der Waals surface area (Å²) in [5.41, 5.74) is 9.80. The van der Waals surface area contributed by atoms with E-state index < -0.39 is 41.8 Å². The minimum Gasteiger partial charge on any atom is -0.399 e. The van der Waals surface area contributed by atoms with Gasteiger partial charge in [-0.2, -0.15) is 0 Å². The van der Waals surface area contributed by atoms with Crippen molar-refractivity contribution in [3.63, 3.8) is 0 Å². The Morgan fingerprint density at radius 2 is 1.07 bits per heavy atom. The minimum atomic E-state index is -0.648. The third-order valence-electron chi connectivity index (χ3n) is 14.2. The van der Waals surface area contributed by atoms with Crippen LogP contribution in [0.25, 0.3) is 11.1 Å². The number of morpholine rings is 2. The quantitative estimate of drug-likeness (QED) is 0.0991. The van der Waals surface area contributed by atoms with Crippen molar-refractivity contribution >= 4 is 63.1 Å². The fraction of sp³-hybridized carbons (Fsp3) is 0.387. The molecular formula is C62H70BBrF2N8O6. The Bertz CT molecular complexity index is 3330. The first-order chi connectivity index (χ1) is 38.1. The second-order valence-corrected chi connectivity index (χ2v) is 22.1. The van der Waals surface area contributed by atoms with Crippen LogP contribution in [-0.2, 0) is 18.8 Å². The monoisotopic (exact) mass is 1150 g/mol. The van der Waals surface area contributed by atoms with Crippen LogP contribution in [0.2, 0.25) is 0 Å². The van der Waals surface area contributed by atoms with Gasteiger partial charge in [-0.1, -0.05) is 57.2 Å². The lowest BCUT2D eigenvalue weighted by molar-refractivity contribution is 0.00578. The lowest BCUT2D eigenvalue weighted by atomic mass is 9.76. The molecule has 2 amide bonds. The lowest BCUT2D eigenvalue weighted by Gasteiger charge is -2.32. The third-order valence-corrected chi connectivity index (χ3v) is 14.6. The molecule has 2 N–H and O–H groups in total. The Balaban J connectivity index is 0.000000185. The van der Waals surface area contributed by atoms with E-state index in [1.807, 2.05) is 106 Å². The molecule has 3 aliphatic heterocycles. The molecule has 0 unspecified atom stereocenters. The van der Waals surface area contributed by atoms with Crippen LogP contribution in [0, 0.1) is 49.2 Å². The zero-order chi connectivity index (χ0) is 57.9. The molecule has 2 aromatic carbocycles. The maximum absolute atomic E-state index is 14.4. The average Bonchev–Trinajstić information content (AvgIpc) is 3.67. The van der Waals surface area contributed by atoms with Crippen molar-refractivity contribution in [2.45, 2.75) is 106 Å². The Morgan fingerprint density at radius 1 is 0.625 bits per heavy atom. The number of carbonyl (C=O) groups is 2. The zero-order valence-electron chi connectivity index (χ0n) is 47.7. The van der Waals surface area contributed by atoms with Crippen LogP contribution < -0.4 is 25.9 Å². The lowest BCUT2D eigenvalue weighted by Crippen LogP contribution is -2.41. The summed E-state index contributed by atoms with van der Waals surface area (Å²) < 4.78 is 52.6. The molecule has 9 rings (SSSR count). The van der Waals surface area contributed by atoms with Gasteiger partial charge < -0.3 is 39.2 Å².